The fourth-order valence-electron chi connectivity index (χ4n) is 3.27. The van der Waals surface area contributed by atoms with Crippen molar-refractivity contribution in [1.29, 1.82) is 5.41 Å². The number of hydrogen-bond acceptors (Lipinski definition) is 3. The van der Waals surface area contributed by atoms with E-state index in [1.54, 1.807) is 0 Å². The average Bonchev–Trinajstić information content (AvgIpc) is 2.46. The molecule has 1 aliphatic heterocycles. The van der Waals surface area contributed by atoms with E-state index in [4.69, 9.17) is 11.1 Å². The molecule has 1 atom stereocenters. The summed E-state index contributed by atoms with van der Waals surface area (Å²) in [5, 5.41) is 10.0. The van der Waals surface area contributed by atoms with Gasteiger partial charge in [0.25, 0.3) is 0 Å². The molecule has 0 aromatic heterocycles. The second-order valence-electron chi connectivity index (χ2n) is 5.90. The van der Waals surface area contributed by atoms with Crippen molar-refractivity contribution in [2.75, 3.05) is 31.6 Å². The lowest BCUT2D eigenvalue weighted by Gasteiger charge is -2.40. The number of nitrogens with one attached hydrogen (secondary N) is 1. The van der Waals surface area contributed by atoms with Crippen LogP contribution in [0.1, 0.15) is 12.5 Å². The quantitative estimate of drug-likeness (QED) is 0.656. The summed E-state index contributed by atoms with van der Waals surface area (Å²) in [6.45, 7) is 5.44. The summed E-state index contributed by atoms with van der Waals surface area (Å²) in [5.74, 6) is 0.129. The van der Waals surface area contributed by atoms with Gasteiger partial charge in [-0.25, -0.2) is 0 Å². The molecule has 2 aromatic carbocycles. The summed E-state index contributed by atoms with van der Waals surface area (Å²) in [5.41, 5.74) is 7.78. The maximum Gasteiger partial charge on any atom is 0.123 e. The molecular formula is C17H22N4. The zero-order valence-corrected chi connectivity index (χ0v) is 12.6. The highest BCUT2D eigenvalue weighted by atomic mass is 15.3. The molecule has 1 saturated heterocycles. The van der Waals surface area contributed by atoms with Crippen LogP contribution in [0.2, 0.25) is 0 Å². The van der Waals surface area contributed by atoms with Crippen molar-refractivity contribution in [3.05, 3.63) is 42.0 Å². The maximum atomic E-state index is 7.76. The summed E-state index contributed by atoms with van der Waals surface area (Å²) >= 11 is 0. The van der Waals surface area contributed by atoms with Gasteiger partial charge >= 0.3 is 0 Å². The van der Waals surface area contributed by atoms with Gasteiger partial charge in [0, 0.05) is 42.3 Å². The Kier molecular flexibility index (Phi) is 3.55. The van der Waals surface area contributed by atoms with Crippen LogP contribution in [-0.4, -0.2) is 43.5 Å². The Morgan fingerprint density at radius 3 is 2.52 bits per heavy atom. The third-order valence-electron chi connectivity index (χ3n) is 4.33. The van der Waals surface area contributed by atoms with E-state index in [0.29, 0.717) is 6.04 Å². The van der Waals surface area contributed by atoms with Crippen LogP contribution in [-0.2, 0) is 0 Å². The van der Waals surface area contributed by atoms with Crippen LogP contribution in [0.25, 0.3) is 10.8 Å². The third kappa shape index (κ3) is 2.47. The Bertz CT molecular complexity index is 680. The molecule has 4 heteroatoms. The highest BCUT2D eigenvalue weighted by molar-refractivity contribution is 6.10. The molecule has 1 aliphatic rings. The van der Waals surface area contributed by atoms with Gasteiger partial charge in [0.05, 0.1) is 0 Å². The van der Waals surface area contributed by atoms with Crippen LogP contribution in [0.3, 0.4) is 0 Å². The number of piperazine rings is 1. The van der Waals surface area contributed by atoms with Crippen LogP contribution in [0.4, 0.5) is 5.69 Å². The number of fused-ring (bicyclic) bond motifs is 1. The number of nitrogen functional groups attached to an aromatic ring is 1. The second kappa shape index (κ2) is 5.37. The van der Waals surface area contributed by atoms with Gasteiger partial charge in [-0.2, -0.15) is 0 Å². The Balaban J connectivity index is 2.12. The van der Waals surface area contributed by atoms with Crippen LogP contribution < -0.4 is 10.6 Å². The molecule has 3 N–H and O–H groups in total. The highest BCUT2D eigenvalue weighted by Crippen LogP contribution is 2.31. The molecule has 1 unspecified atom stereocenters. The molecular weight excluding hydrogens is 260 g/mol. The Hall–Kier alpha value is -2.07. The molecule has 0 amide bonds. The molecule has 2 aromatic rings. The van der Waals surface area contributed by atoms with Gasteiger partial charge in [-0.15, -0.1) is 0 Å². The van der Waals surface area contributed by atoms with Crippen molar-refractivity contribution in [2.24, 2.45) is 5.73 Å². The minimum atomic E-state index is 0.129. The predicted octanol–water partition coefficient (Wildman–Crippen LogP) is 2.26. The van der Waals surface area contributed by atoms with Crippen molar-refractivity contribution in [3.8, 4) is 0 Å². The van der Waals surface area contributed by atoms with E-state index >= 15 is 0 Å². The molecule has 1 heterocycles. The van der Waals surface area contributed by atoms with E-state index < -0.39 is 0 Å². The summed E-state index contributed by atoms with van der Waals surface area (Å²) in [6, 6.07) is 12.8. The molecule has 0 saturated carbocycles. The lowest BCUT2D eigenvalue weighted by molar-refractivity contribution is 0.276. The number of amidine groups is 1. The molecule has 110 valence electrons. The fourth-order valence-corrected chi connectivity index (χ4v) is 3.27. The Labute approximate surface area is 125 Å². The van der Waals surface area contributed by atoms with Crippen molar-refractivity contribution in [1.82, 2.24) is 4.90 Å². The second-order valence-corrected chi connectivity index (χ2v) is 5.90. The topological polar surface area (TPSA) is 56.4 Å². The van der Waals surface area contributed by atoms with Crippen molar-refractivity contribution in [3.63, 3.8) is 0 Å². The van der Waals surface area contributed by atoms with Gasteiger partial charge in [0.15, 0.2) is 0 Å². The van der Waals surface area contributed by atoms with Gasteiger partial charge < -0.3 is 15.5 Å². The van der Waals surface area contributed by atoms with E-state index in [-0.39, 0.29) is 5.84 Å². The Morgan fingerprint density at radius 1 is 1.14 bits per heavy atom. The van der Waals surface area contributed by atoms with Gasteiger partial charge in [-0.05, 0) is 31.5 Å². The molecule has 0 bridgehead atoms. The summed E-state index contributed by atoms with van der Waals surface area (Å²) in [4.78, 5) is 4.83. The van der Waals surface area contributed by atoms with E-state index in [1.165, 1.54) is 11.1 Å². The zero-order chi connectivity index (χ0) is 15.0. The number of rotatable bonds is 2. The van der Waals surface area contributed by atoms with Gasteiger partial charge in [-0.1, -0.05) is 24.3 Å². The SMILES string of the molecule is CC1CN(C)CCN1c1ccc(C(=N)N)c2ccccc12. The van der Waals surface area contributed by atoms with Gasteiger partial charge in [0.2, 0.25) is 0 Å². The number of anilines is 1. The first kappa shape index (κ1) is 13.9. The number of nitrogens with two attached hydrogens (primary N) is 1. The first-order valence-corrected chi connectivity index (χ1v) is 7.39. The number of likely N-dealkylation sites (N-methyl/N-ethyl adjacent to an activating group) is 1. The first-order valence-electron chi connectivity index (χ1n) is 7.39. The molecule has 3 rings (SSSR count). The molecule has 21 heavy (non-hydrogen) atoms. The number of benzene rings is 2. The highest BCUT2D eigenvalue weighted by Gasteiger charge is 2.23. The Morgan fingerprint density at radius 2 is 1.86 bits per heavy atom. The summed E-state index contributed by atoms with van der Waals surface area (Å²) in [6.07, 6.45) is 0. The van der Waals surface area contributed by atoms with E-state index in [9.17, 15) is 0 Å². The molecule has 0 aliphatic carbocycles. The van der Waals surface area contributed by atoms with Crippen molar-refractivity contribution in [2.45, 2.75) is 13.0 Å². The van der Waals surface area contributed by atoms with Crippen LogP contribution >= 0.6 is 0 Å². The molecule has 4 nitrogen and oxygen atoms in total. The fraction of sp³-hybridized carbons (Fsp3) is 0.353. The standard InChI is InChI=1S/C17H22N4/c1-12-11-20(2)9-10-21(12)16-8-7-15(17(18)19)13-5-3-4-6-14(13)16/h3-8,12H,9-11H2,1-2H3,(H3,18,19). The largest absolute Gasteiger partial charge is 0.384 e. The van der Waals surface area contributed by atoms with E-state index in [0.717, 1.165) is 30.6 Å². The normalized spacial score (nSPS) is 19.9. The average molecular weight is 282 g/mol. The molecule has 1 fully saturated rings. The first-order chi connectivity index (χ1) is 10.1. The van der Waals surface area contributed by atoms with Crippen LogP contribution in [0.5, 0.6) is 0 Å². The maximum absolute atomic E-state index is 7.76. The smallest absolute Gasteiger partial charge is 0.123 e. The third-order valence-corrected chi connectivity index (χ3v) is 4.33. The zero-order valence-electron chi connectivity index (χ0n) is 12.6. The number of hydrogen-bond donors (Lipinski definition) is 2. The summed E-state index contributed by atoms with van der Waals surface area (Å²) < 4.78 is 0. The van der Waals surface area contributed by atoms with Crippen molar-refractivity contribution < 1.29 is 0 Å². The van der Waals surface area contributed by atoms with Crippen LogP contribution in [0, 0.1) is 5.41 Å². The van der Waals surface area contributed by atoms with Crippen molar-refractivity contribution >= 4 is 22.3 Å². The lowest BCUT2D eigenvalue weighted by Crippen LogP contribution is -2.50. The summed E-state index contributed by atoms with van der Waals surface area (Å²) in [7, 11) is 2.17. The van der Waals surface area contributed by atoms with E-state index in [1.807, 2.05) is 12.1 Å². The molecule has 0 spiro atoms. The lowest BCUT2D eigenvalue weighted by atomic mass is 10.00. The van der Waals surface area contributed by atoms with Gasteiger partial charge in [0.1, 0.15) is 5.84 Å². The minimum Gasteiger partial charge on any atom is -0.384 e. The predicted molar refractivity (Wildman–Crippen MR) is 89.3 cm³/mol. The molecule has 0 radical (unpaired) electrons. The van der Waals surface area contributed by atoms with E-state index in [2.05, 4.69) is 48.0 Å². The van der Waals surface area contributed by atoms with Gasteiger partial charge in [-0.3, -0.25) is 5.41 Å². The monoisotopic (exact) mass is 282 g/mol. The van der Waals surface area contributed by atoms with Crippen LogP contribution in [0.15, 0.2) is 36.4 Å². The number of nitrogens with zero attached hydrogens (tertiary/aromatic N) is 2. The minimum absolute atomic E-state index is 0.129.